The van der Waals surface area contributed by atoms with Gasteiger partial charge < -0.3 is 10.1 Å². The minimum atomic E-state index is 0.368. The Morgan fingerprint density at radius 3 is 2.81 bits per heavy atom. The number of hydrogen-bond acceptors (Lipinski definition) is 3. The zero-order chi connectivity index (χ0) is 11.7. The minimum absolute atomic E-state index is 0.368. The van der Waals surface area contributed by atoms with E-state index in [1.165, 1.54) is 12.1 Å². The molecule has 0 aromatic carbocycles. The van der Waals surface area contributed by atoms with Crippen LogP contribution in [0.2, 0.25) is 0 Å². The highest BCUT2D eigenvalue weighted by Gasteiger charge is 2.42. The molecular formula is C12H21N3O. The number of hydrogen-bond donors (Lipinski definition) is 1. The summed E-state index contributed by atoms with van der Waals surface area (Å²) in [6, 6.07) is 0.368. The van der Waals surface area contributed by atoms with Crippen LogP contribution in [0, 0.1) is 11.8 Å². The fourth-order valence-corrected chi connectivity index (χ4v) is 2.47. The summed E-state index contributed by atoms with van der Waals surface area (Å²) >= 11 is 0. The monoisotopic (exact) mass is 223 g/mol. The summed E-state index contributed by atoms with van der Waals surface area (Å²) in [4.78, 5) is 0. The van der Waals surface area contributed by atoms with Crippen LogP contribution in [0.1, 0.15) is 32.0 Å². The Bertz CT molecular complexity index is 340. The zero-order valence-electron chi connectivity index (χ0n) is 10.5. The summed E-state index contributed by atoms with van der Waals surface area (Å²) in [5, 5.41) is 7.77. The number of aryl methyl sites for hydroxylation is 1. The Kier molecular flexibility index (Phi) is 3.19. The van der Waals surface area contributed by atoms with Gasteiger partial charge in [0.1, 0.15) is 0 Å². The number of nitrogens with zero attached hydrogens (tertiary/aromatic N) is 2. The molecule has 0 aliphatic heterocycles. The third-order valence-electron chi connectivity index (χ3n) is 3.57. The lowest BCUT2D eigenvalue weighted by atomic mass is 10.1. The Balaban J connectivity index is 2.31. The molecule has 0 radical (unpaired) electrons. The SMILES string of the molecule is CCn1ncc(OC)c1C(NC)C1CC1C. The van der Waals surface area contributed by atoms with Crippen molar-refractivity contribution in [1.29, 1.82) is 0 Å². The van der Waals surface area contributed by atoms with Gasteiger partial charge in [0.05, 0.1) is 25.0 Å². The van der Waals surface area contributed by atoms with E-state index < -0.39 is 0 Å². The molecular weight excluding hydrogens is 202 g/mol. The maximum absolute atomic E-state index is 5.40. The molecule has 3 atom stereocenters. The van der Waals surface area contributed by atoms with Crippen LogP contribution in [-0.2, 0) is 6.54 Å². The first-order valence-corrected chi connectivity index (χ1v) is 5.99. The van der Waals surface area contributed by atoms with Crippen molar-refractivity contribution in [2.24, 2.45) is 11.8 Å². The molecule has 1 N–H and O–H groups in total. The first kappa shape index (κ1) is 11.5. The molecule has 1 aromatic rings. The highest BCUT2D eigenvalue weighted by molar-refractivity contribution is 5.30. The van der Waals surface area contributed by atoms with Crippen LogP contribution in [0.3, 0.4) is 0 Å². The van der Waals surface area contributed by atoms with E-state index in [1.54, 1.807) is 7.11 Å². The highest BCUT2D eigenvalue weighted by atomic mass is 16.5. The largest absolute Gasteiger partial charge is 0.493 e. The fraction of sp³-hybridized carbons (Fsp3) is 0.750. The molecule has 0 spiro atoms. The standard InChI is InChI=1S/C12H21N3O/c1-5-15-12(10(16-4)7-14-15)11(13-3)9-6-8(9)2/h7-9,11,13H,5-6H2,1-4H3. The van der Waals surface area contributed by atoms with E-state index in [-0.39, 0.29) is 0 Å². The molecule has 90 valence electrons. The molecule has 1 aromatic heterocycles. The van der Waals surface area contributed by atoms with Crippen LogP contribution >= 0.6 is 0 Å². The van der Waals surface area contributed by atoms with E-state index in [0.29, 0.717) is 6.04 Å². The lowest BCUT2D eigenvalue weighted by molar-refractivity contribution is 0.383. The topological polar surface area (TPSA) is 39.1 Å². The van der Waals surface area contributed by atoms with Crippen LogP contribution in [-0.4, -0.2) is 23.9 Å². The van der Waals surface area contributed by atoms with Crippen molar-refractivity contribution in [3.05, 3.63) is 11.9 Å². The third-order valence-corrected chi connectivity index (χ3v) is 3.57. The third kappa shape index (κ3) is 1.82. The molecule has 0 bridgehead atoms. The maximum Gasteiger partial charge on any atom is 0.161 e. The van der Waals surface area contributed by atoms with Gasteiger partial charge in [-0.25, -0.2) is 0 Å². The molecule has 16 heavy (non-hydrogen) atoms. The quantitative estimate of drug-likeness (QED) is 0.827. The van der Waals surface area contributed by atoms with Crippen molar-refractivity contribution < 1.29 is 4.74 Å². The van der Waals surface area contributed by atoms with Crippen molar-refractivity contribution in [3.8, 4) is 5.75 Å². The second-order valence-electron chi connectivity index (χ2n) is 4.56. The predicted molar refractivity (Wildman–Crippen MR) is 63.5 cm³/mol. The van der Waals surface area contributed by atoms with Crippen LogP contribution in [0.5, 0.6) is 5.75 Å². The van der Waals surface area contributed by atoms with E-state index in [2.05, 4.69) is 24.3 Å². The van der Waals surface area contributed by atoms with Crippen molar-refractivity contribution in [3.63, 3.8) is 0 Å². The van der Waals surface area contributed by atoms with Crippen molar-refractivity contribution in [2.75, 3.05) is 14.2 Å². The summed E-state index contributed by atoms with van der Waals surface area (Å²) in [7, 11) is 3.73. The van der Waals surface area contributed by atoms with Gasteiger partial charge in [0, 0.05) is 6.54 Å². The van der Waals surface area contributed by atoms with E-state index in [1.807, 2.05) is 17.9 Å². The van der Waals surface area contributed by atoms with Crippen LogP contribution in [0.25, 0.3) is 0 Å². The summed E-state index contributed by atoms with van der Waals surface area (Å²) in [6.07, 6.45) is 3.11. The average molecular weight is 223 g/mol. The van der Waals surface area contributed by atoms with E-state index in [9.17, 15) is 0 Å². The summed E-state index contributed by atoms with van der Waals surface area (Å²) in [5.41, 5.74) is 1.20. The Hall–Kier alpha value is -1.03. The summed E-state index contributed by atoms with van der Waals surface area (Å²) in [5.74, 6) is 2.43. The summed E-state index contributed by atoms with van der Waals surface area (Å²) in [6.45, 7) is 5.30. The van der Waals surface area contributed by atoms with E-state index in [4.69, 9.17) is 4.74 Å². The highest BCUT2D eigenvalue weighted by Crippen LogP contribution is 2.48. The lowest BCUT2D eigenvalue weighted by Crippen LogP contribution is -2.23. The molecule has 1 saturated carbocycles. The number of aromatic nitrogens is 2. The van der Waals surface area contributed by atoms with Crippen molar-refractivity contribution in [1.82, 2.24) is 15.1 Å². The van der Waals surface area contributed by atoms with E-state index >= 15 is 0 Å². The second-order valence-corrected chi connectivity index (χ2v) is 4.56. The van der Waals surface area contributed by atoms with Crippen LogP contribution < -0.4 is 10.1 Å². The molecule has 1 heterocycles. The van der Waals surface area contributed by atoms with Gasteiger partial charge in [-0.3, -0.25) is 4.68 Å². The summed E-state index contributed by atoms with van der Waals surface area (Å²) < 4.78 is 7.43. The second kappa shape index (κ2) is 4.45. The maximum atomic E-state index is 5.40. The van der Waals surface area contributed by atoms with Gasteiger partial charge in [-0.05, 0) is 32.2 Å². The van der Waals surface area contributed by atoms with Gasteiger partial charge in [0.15, 0.2) is 5.75 Å². The Morgan fingerprint density at radius 2 is 2.38 bits per heavy atom. The van der Waals surface area contributed by atoms with E-state index in [0.717, 1.165) is 24.1 Å². The number of nitrogens with one attached hydrogen (secondary N) is 1. The molecule has 0 amide bonds. The fourth-order valence-electron chi connectivity index (χ4n) is 2.47. The minimum Gasteiger partial charge on any atom is -0.493 e. The lowest BCUT2D eigenvalue weighted by Gasteiger charge is -2.18. The van der Waals surface area contributed by atoms with Crippen LogP contribution in [0.4, 0.5) is 0 Å². The molecule has 0 saturated heterocycles. The number of rotatable bonds is 5. The molecule has 2 rings (SSSR count). The number of ether oxygens (including phenoxy) is 1. The Labute approximate surface area is 97.0 Å². The van der Waals surface area contributed by atoms with Gasteiger partial charge in [0.25, 0.3) is 0 Å². The molecule has 1 fully saturated rings. The van der Waals surface area contributed by atoms with Crippen LogP contribution in [0.15, 0.2) is 6.20 Å². The van der Waals surface area contributed by atoms with Gasteiger partial charge in [-0.2, -0.15) is 5.10 Å². The Morgan fingerprint density at radius 1 is 1.69 bits per heavy atom. The first-order chi connectivity index (χ1) is 7.72. The van der Waals surface area contributed by atoms with Crippen molar-refractivity contribution in [2.45, 2.75) is 32.9 Å². The first-order valence-electron chi connectivity index (χ1n) is 5.99. The molecule has 4 heteroatoms. The molecule has 3 unspecified atom stereocenters. The van der Waals surface area contributed by atoms with Gasteiger partial charge in [-0.15, -0.1) is 0 Å². The smallest absolute Gasteiger partial charge is 0.161 e. The molecule has 1 aliphatic rings. The van der Waals surface area contributed by atoms with Gasteiger partial charge >= 0.3 is 0 Å². The van der Waals surface area contributed by atoms with Gasteiger partial charge in [0.2, 0.25) is 0 Å². The zero-order valence-corrected chi connectivity index (χ0v) is 10.5. The molecule has 1 aliphatic carbocycles. The average Bonchev–Trinajstić information content (AvgIpc) is 2.87. The number of methoxy groups -OCH3 is 1. The van der Waals surface area contributed by atoms with Crippen molar-refractivity contribution >= 4 is 0 Å². The van der Waals surface area contributed by atoms with Gasteiger partial charge in [-0.1, -0.05) is 6.92 Å². The normalized spacial score (nSPS) is 25.5. The molecule has 4 nitrogen and oxygen atoms in total. The predicted octanol–water partition coefficient (Wildman–Crippen LogP) is 1.83.